The van der Waals surface area contributed by atoms with E-state index >= 15 is 0 Å². The standard InChI is InChI=1S/C52H60N2O8/c1-27(2)41-35-21-29(5)43(49(57)45(35)37(47(55)51(41)59)25-53-39-17-9-7-13-31(39)23-33-15-11-19-61-33)44-30(6)22-36-42(28(3)4)52(60)48(56)38(46(36)50(44)58)26-54-40-18-10-8-14-32(40)24-34-16-12-20-62-34/h11-12,15-16,19-22,25-28,31-32,39-40,55-60H,7-10,13-14,17-18,23-24H2,1-6H3/t31-,32-,39-,40-/m1/s1. The third-order valence-corrected chi connectivity index (χ3v) is 13.6. The van der Waals surface area contributed by atoms with Crippen LogP contribution in [0.4, 0.5) is 0 Å². The second-order valence-corrected chi connectivity index (χ2v) is 18.4. The predicted octanol–water partition coefficient (Wildman–Crippen LogP) is 12.4. The molecule has 2 fully saturated rings. The van der Waals surface area contributed by atoms with E-state index in [1.54, 1.807) is 25.0 Å². The van der Waals surface area contributed by atoms with Gasteiger partial charge in [-0.2, -0.15) is 0 Å². The van der Waals surface area contributed by atoms with Gasteiger partial charge in [0.2, 0.25) is 0 Å². The summed E-state index contributed by atoms with van der Waals surface area (Å²) in [6, 6.07) is 11.4. The molecule has 2 heterocycles. The number of phenols is 6. The highest BCUT2D eigenvalue weighted by molar-refractivity contribution is 6.15. The van der Waals surface area contributed by atoms with Gasteiger partial charge in [0.25, 0.3) is 0 Å². The van der Waals surface area contributed by atoms with Gasteiger partial charge in [0.15, 0.2) is 23.0 Å². The van der Waals surface area contributed by atoms with E-state index < -0.39 is 0 Å². The van der Waals surface area contributed by atoms with Gasteiger partial charge in [-0.15, -0.1) is 0 Å². The molecule has 62 heavy (non-hydrogen) atoms. The summed E-state index contributed by atoms with van der Waals surface area (Å²) < 4.78 is 11.4. The molecule has 6 aromatic rings. The van der Waals surface area contributed by atoms with Gasteiger partial charge in [-0.25, -0.2) is 0 Å². The minimum absolute atomic E-state index is 0.0672. The first-order chi connectivity index (χ1) is 29.8. The van der Waals surface area contributed by atoms with E-state index in [1.165, 1.54) is 0 Å². The number of phenolic OH excluding ortho intramolecular Hbond substituents is 6. The van der Waals surface area contributed by atoms with Gasteiger partial charge >= 0.3 is 0 Å². The number of aliphatic imine (C=N–C) groups is 2. The SMILES string of the molecule is Cc1cc2c(C(C)C)c(O)c(O)c(C=N[C@@H]3CCCC[C@@H]3Cc3ccco3)c2c(O)c1-c1c(C)cc2c(C(C)C)c(O)c(O)c(C=N[C@@H]3CCCC[C@@H]3Cc3ccco3)c2c1O. The summed E-state index contributed by atoms with van der Waals surface area (Å²) in [5, 5.41) is 73.8. The number of fused-ring (bicyclic) bond motifs is 2. The highest BCUT2D eigenvalue weighted by Crippen LogP contribution is 2.54. The van der Waals surface area contributed by atoms with Crippen molar-refractivity contribution < 1.29 is 39.5 Å². The molecule has 4 atom stereocenters. The molecule has 0 aliphatic heterocycles. The van der Waals surface area contributed by atoms with Gasteiger partial charge in [-0.3, -0.25) is 9.98 Å². The van der Waals surface area contributed by atoms with Crippen molar-refractivity contribution >= 4 is 34.0 Å². The molecule has 0 saturated heterocycles. The molecule has 10 nitrogen and oxygen atoms in total. The highest BCUT2D eigenvalue weighted by Gasteiger charge is 2.32. The van der Waals surface area contributed by atoms with Crippen molar-refractivity contribution in [1.82, 2.24) is 0 Å². The molecule has 4 aromatic carbocycles. The summed E-state index contributed by atoms with van der Waals surface area (Å²) in [6.45, 7) is 11.4. The van der Waals surface area contributed by atoms with Gasteiger partial charge in [0.1, 0.15) is 23.0 Å². The molecule has 8 rings (SSSR count). The number of aromatic hydroxyl groups is 6. The van der Waals surface area contributed by atoms with Crippen LogP contribution in [0.3, 0.4) is 0 Å². The fourth-order valence-electron chi connectivity index (χ4n) is 10.6. The van der Waals surface area contributed by atoms with Crippen molar-refractivity contribution in [1.29, 1.82) is 0 Å². The number of aryl methyl sites for hydroxylation is 2. The quantitative estimate of drug-likeness (QED) is 0.0552. The van der Waals surface area contributed by atoms with E-state index in [-0.39, 0.29) is 81.4 Å². The van der Waals surface area contributed by atoms with Gasteiger partial charge in [-0.1, -0.05) is 65.5 Å². The van der Waals surface area contributed by atoms with Gasteiger partial charge in [0, 0.05) is 69.4 Å². The first-order valence-corrected chi connectivity index (χ1v) is 22.4. The zero-order valence-electron chi connectivity index (χ0n) is 36.7. The Balaban J connectivity index is 1.32. The summed E-state index contributed by atoms with van der Waals surface area (Å²) in [4.78, 5) is 10.1. The van der Waals surface area contributed by atoms with Crippen LogP contribution in [0.5, 0.6) is 34.5 Å². The highest BCUT2D eigenvalue weighted by atomic mass is 16.3. The molecule has 6 N–H and O–H groups in total. The fraction of sp³-hybridized carbons (Fsp3) is 0.423. The van der Waals surface area contributed by atoms with Crippen LogP contribution in [0.2, 0.25) is 0 Å². The van der Waals surface area contributed by atoms with Crippen molar-refractivity contribution in [2.24, 2.45) is 21.8 Å². The molecular weight excluding hydrogens is 781 g/mol. The molecule has 326 valence electrons. The number of hydrogen-bond acceptors (Lipinski definition) is 10. The minimum Gasteiger partial charge on any atom is -0.507 e. The zero-order valence-corrected chi connectivity index (χ0v) is 36.7. The number of nitrogens with zero attached hydrogens (tertiary/aromatic N) is 2. The summed E-state index contributed by atoms with van der Waals surface area (Å²) >= 11 is 0. The van der Waals surface area contributed by atoms with Crippen LogP contribution >= 0.6 is 0 Å². The monoisotopic (exact) mass is 840 g/mol. The van der Waals surface area contributed by atoms with Crippen molar-refractivity contribution in [2.75, 3.05) is 0 Å². The second-order valence-electron chi connectivity index (χ2n) is 18.4. The lowest BCUT2D eigenvalue weighted by molar-refractivity contribution is 0.292. The predicted molar refractivity (Wildman–Crippen MR) is 246 cm³/mol. The fourth-order valence-corrected chi connectivity index (χ4v) is 10.6. The van der Waals surface area contributed by atoms with Gasteiger partial charge in [0.05, 0.1) is 24.6 Å². The Labute approximate surface area is 363 Å². The number of rotatable bonds is 11. The second kappa shape index (κ2) is 17.5. The van der Waals surface area contributed by atoms with Crippen LogP contribution in [-0.4, -0.2) is 55.2 Å². The number of furan rings is 2. The lowest BCUT2D eigenvalue weighted by atomic mass is 9.81. The Morgan fingerprint density at radius 3 is 1.31 bits per heavy atom. The van der Waals surface area contributed by atoms with Crippen LogP contribution in [0, 0.1) is 25.7 Å². The Bertz CT molecular complexity index is 2470. The molecule has 2 aromatic heterocycles. The van der Waals surface area contributed by atoms with E-state index in [2.05, 4.69) is 0 Å². The smallest absolute Gasteiger partial charge is 0.167 e. The summed E-state index contributed by atoms with van der Waals surface area (Å²) in [6.07, 6.45) is 15.9. The number of hydrogen-bond donors (Lipinski definition) is 6. The van der Waals surface area contributed by atoms with Crippen LogP contribution in [0.25, 0.3) is 32.7 Å². The van der Waals surface area contributed by atoms with Crippen LogP contribution in [0.15, 0.2) is 67.7 Å². The third-order valence-electron chi connectivity index (χ3n) is 13.6. The van der Waals surface area contributed by atoms with E-state index in [0.717, 1.165) is 75.7 Å². The van der Waals surface area contributed by atoms with Gasteiger partial charge < -0.3 is 39.5 Å². The minimum atomic E-state index is -0.374. The first-order valence-electron chi connectivity index (χ1n) is 22.4. The van der Waals surface area contributed by atoms with Gasteiger partial charge in [-0.05, 0) is 109 Å². The average molecular weight is 841 g/mol. The zero-order chi connectivity index (χ0) is 44.0. The van der Waals surface area contributed by atoms with E-state index in [0.29, 0.717) is 54.9 Å². The van der Waals surface area contributed by atoms with Crippen molar-refractivity contribution in [3.05, 3.63) is 93.8 Å². The normalized spacial score (nSPS) is 19.9. The number of benzene rings is 4. The van der Waals surface area contributed by atoms with E-state index in [4.69, 9.17) is 18.8 Å². The summed E-state index contributed by atoms with van der Waals surface area (Å²) in [5.41, 5.74) is 3.28. The molecule has 0 radical (unpaired) electrons. The largest absolute Gasteiger partial charge is 0.507 e. The molecule has 2 saturated carbocycles. The molecule has 2 aliphatic carbocycles. The van der Waals surface area contributed by atoms with Crippen LogP contribution in [-0.2, 0) is 12.8 Å². The molecule has 0 bridgehead atoms. The van der Waals surface area contributed by atoms with Crippen molar-refractivity contribution in [2.45, 2.75) is 130 Å². The third kappa shape index (κ3) is 7.77. The Hall–Kier alpha value is -5.90. The van der Waals surface area contributed by atoms with E-state index in [1.807, 2.05) is 77.9 Å². The lowest BCUT2D eigenvalue weighted by Gasteiger charge is -2.28. The average Bonchev–Trinajstić information content (AvgIpc) is 3.96. The van der Waals surface area contributed by atoms with Crippen LogP contribution in [0.1, 0.15) is 136 Å². The Morgan fingerprint density at radius 1 is 0.565 bits per heavy atom. The Morgan fingerprint density at radius 2 is 0.952 bits per heavy atom. The molecular formula is C52H60N2O8. The molecule has 10 heteroatoms. The van der Waals surface area contributed by atoms with Crippen molar-refractivity contribution in [3.8, 4) is 45.6 Å². The maximum Gasteiger partial charge on any atom is 0.167 e. The molecule has 2 aliphatic rings. The molecule has 0 amide bonds. The maximum atomic E-state index is 12.7. The molecule has 0 unspecified atom stereocenters. The van der Waals surface area contributed by atoms with Crippen LogP contribution < -0.4 is 0 Å². The van der Waals surface area contributed by atoms with Crippen molar-refractivity contribution in [3.63, 3.8) is 0 Å². The van der Waals surface area contributed by atoms with E-state index in [9.17, 15) is 30.6 Å². The maximum absolute atomic E-state index is 12.7. The topological polar surface area (TPSA) is 172 Å². The first kappa shape index (κ1) is 42.8. The molecule has 0 spiro atoms. The lowest BCUT2D eigenvalue weighted by Crippen LogP contribution is -2.25. The summed E-state index contributed by atoms with van der Waals surface area (Å²) in [7, 11) is 0. The summed E-state index contributed by atoms with van der Waals surface area (Å²) in [5.74, 6) is 0.159. The Kier molecular flexibility index (Phi) is 12.0.